The molecule has 1 atom stereocenters. The van der Waals surface area contributed by atoms with E-state index in [2.05, 4.69) is 27.3 Å². The summed E-state index contributed by atoms with van der Waals surface area (Å²) in [4.78, 5) is 17.6. The maximum Gasteiger partial charge on any atom is 0.303 e. The Labute approximate surface area is 161 Å². The van der Waals surface area contributed by atoms with E-state index in [0.29, 0.717) is 16.4 Å². The van der Waals surface area contributed by atoms with Gasteiger partial charge in [-0.25, -0.2) is 14.9 Å². The summed E-state index contributed by atoms with van der Waals surface area (Å²) in [7, 11) is 0. The smallest absolute Gasteiger partial charge is 0.303 e. The third-order valence-corrected chi connectivity index (χ3v) is 4.62. The maximum atomic E-state index is 13.5. The van der Waals surface area contributed by atoms with Crippen molar-refractivity contribution in [2.45, 2.75) is 19.0 Å². The molecule has 1 aromatic heterocycles. The van der Waals surface area contributed by atoms with Crippen LogP contribution in [0, 0.1) is 0 Å². The minimum Gasteiger partial charge on any atom is -0.365 e. The lowest BCUT2D eigenvalue weighted by molar-refractivity contribution is -0.126. The van der Waals surface area contributed by atoms with E-state index in [1.54, 1.807) is 0 Å². The standard InChI is InChI=1S/C19H20ClFN4O2/c20-16-8-14(9-17(21)19(26)24-27)10-22-18(16)23-15-6-7-25(12-15)11-13-4-2-1-3-5-13/h1-5,8-10,15,27H,6-7,11-12H2,(H,22,23)(H,24,26)/t15-/m1/s1. The minimum atomic E-state index is -1.22. The molecule has 0 saturated carbocycles. The molecule has 0 radical (unpaired) electrons. The first-order valence-electron chi connectivity index (χ1n) is 8.55. The molecule has 3 rings (SSSR count). The second kappa shape index (κ2) is 8.94. The molecule has 1 aliphatic heterocycles. The van der Waals surface area contributed by atoms with Crippen molar-refractivity contribution in [3.05, 3.63) is 64.6 Å². The van der Waals surface area contributed by atoms with Crippen molar-refractivity contribution in [3.63, 3.8) is 0 Å². The van der Waals surface area contributed by atoms with Gasteiger partial charge in [0.05, 0.1) is 5.02 Å². The van der Waals surface area contributed by atoms with Crippen LogP contribution in [-0.4, -0.2) is 40.1 Å². The van der Waals surface area contributed by atoms with Gasteiger partial charge in [-0.15, -0.1) is 0 Å². The Morgan fingerprint density at radius 3 is 2.89 bits per heavy atom. The number of likely N-dealkylation sites (tertiary alicyclic amines) is 1. The van der Waals surface area contributed by atoms with E-state index in [1.807, 2.05) is 18.2 Å². The lowest BCUT2D eigenvalue weighted by Gasteiger charge is -2.17. The van der Waals surface area contributed by atoms with E-state index in [0.717, 1.165) is 32.1 Å². The summed E-state index contributed by atoms with van der Waals surface area (Å²) >= 11 is 6.23. The fourth-order valence-electron chi connectivity index (χ4n) is 3.03. The molecule has 1 aliphatic rings. The summed E-state index contributed by atoms with van der Waals surface area (Å²) in [5.41, 5.74) is 2.83. The molecule has 3 N–H and O–H groups in total. The number of carbonyl (C=O) groups is 1. The van der Waals surface area contributed by atoms with E-state index < -0.39 is 11.7 Å². The van der Waals surface area contributed by atoms with Crippen LogP contribution in [-0.2, 0) is 11.3 Å². The number of halogens is 2. The molecule has 8 heteroatoms. The Hall–Kier alpha value is -2.48. The van der Waals surface area contributed by atoms with Crippen molar-refractivity contribution >= 4 is 29.4 Å². The molecule has 2 aromatic rings. The zero-order valence-electron chi connectivity index (χ0n) is 14.5. The quantitative estimate of drug-likeness (QED) is 0.401. The lowest BCUT2D eigenvalue weighted by atomic mass is 10.2. The molecule has 1 amide bonds. The summed E-state index contributed by atoms with van der Waals surface area (Å²) in [5.74, 6) is -1.84. The largest absolute Gasteiger partial charge is 0.365 e. The Morgan fingerprint density at radius 2 is 2.19 bits per heavy atom. The number of carbonyl (C=O) groups excluding carboxylic acids is 1. The summed E-state index contributed by atoms with van der Waals surface area (Å²) in [6.45, 7) is 2.75. The van der Waals surface area contributed by atoms with E-state index in [4.69, 9.17) is 16.8 Å². The van der Waals surface area contributed by atoms with Gasteiger partial charge in [0.2, 0.25) is 0 Å². The first-order valence-corrected chi connectivity index (χ1v) is 8.93. The molecule has 27 heavy (non-hydrogen) atoms. The fraction of sp³-hybridized carbons (Fsp3) is 0.263. The number of anilines is 1. The van der Waals surface area contributed by atoms with Crippen LogP contribution in [0.1, 0.15) is 17.5 Å². The molecule has 1 aromatic carbocycles. The van der Waals surface area contributed by atoms with Crippen LogP contribution >= 0.6 is 11.6 Å². The van der Waals surface area contributed by atoms with E-state index in [-0.39, 0.29) is 6.04 Å². The molecular formula is C19H20ClFN4O2. The predicted octanol–water partition coefficient (Wildman–Crippen LogP) is 3.24. The normalized spacial score (nSPS) is 17.7. The van der Waals surface area contributed by atoms with Gasteiger partial charge in [-0.05, 0) is 29.7 Å². The highest BCUT2D eigenvalue weighted by Crippen LogP contribution is 2.24. The SMILES string of the molecule is O=C(NO)C(F)=Cc1cnc(N[C@@H]2CCN(Cc3ccccc3)C2)c(Cl)c1. The number of benzene rings is 1. The summed E-state index contributed by atoms with van der Waals surface area (Å²) in [6.07, 6.45) is 3.33. The molecule has 6 nitrogen and oxygen atoms in total. The van der Waals surface area contributed by atoms with E-state index >= 15 is 0 Å². The first kappa shape index (κ1) is 19.3. The maximum absolute atomic E-state index is 13.5. The summed E-state index contributed by atoms with van der Waals surface area (Å²) < 4.78 is 13.5. The van der Waals surface area contributed by atoms with Crippen LogP contribution in [0.5, 0.6) is 0 Å². The lowest BCUT2D eigenvalue weighted by Crippen LogP contribution is -2.26. The molecule has 0 unspecified atom stereocenters. The zero-order valence-corrected chi connectivity index (χ0v) is 15.3. The number of hydrogen-bond donors (Lipinski definition) is 3. The third kappa shape index (κ3) is 5.26. The van der Waals surface area contributed by atoms with Crippen LogP contribution in [0.2, 0.25) is 5.02 Å². The number of amides is 1. The second-order valence-electron chi connectivity index (χ2n) is 6.38. The molecule has 142 valence electrons. The number of nitrogens with one attached hydrogen (secondary N) is 2. The molecule has 0 aliphatic carbocycles. The number of aromatic nitrogens is 1. The molecule has 0 bridgehead atoms. The number of nitrogens with zero attached hydrogens (tertiary/aromatic N) is 2. The average Bonchev–Trinajstić information content (AvgIpc) is 3.11. The predicted molar refractivity (Wildman–Crippen MR) is 102 cm³/mol. The Kier molecular flexibility index (Phi) is 6.39. The highest BCUT2D eigenvalue weighted by molar-refractivity contribution is 6.33. The number of pyridine rings is 1. The van der Waals surface area contributed by atoms with Crippen molar-refractivity contribution < 1.29 is 14.4 Å². The topological polar surface area (TPSA) is 77.5 Å². The zero-order chi connectivity index (χ0) is 19.2. The number of hydroxylamine groups is 1. The van der Waals surface area contributed by atoms with Crippen LogP contribution in [0.15, 0.2) is 48.4 Å². The summed E-state index contributed by atoms with van der Waals surface area (Å²) in [5, 5.41) is 12.1. The van der Waals surface area contributed by atoms with Gasteiger partial charge in [0.15, 0.2) is 5.83 Å². The van der Waals surface area contributed by atoms with Gasteiger partial charge < -0.3 is 5.32 Å². The van der Waals surface area contributed by atoms with Crippen molar-refractivity contribution in [1.82, 2.24) is 15.4 Å². The summed E-state index contributed by atoms with van der Waals surface area (Å²) in [6, 6.07) is 12.0. The van der Waals surface area contributed by atoms with E-state index in [1.165, 1.54) is 23.3 Å². The van der Waals surface area contributed by atoms with Crippen LogP contribution < -0.4 is 10.8 Å². The van der Waals surface area contributed by atoms with Crippen LogP contribution in [0.4, 0.5) is 10.2 Å². The monoisotopic (exact) mass is 390 g/mol. The number of hydrogen-bond acceptors (Lipinski definition) is 5. The van der Waals surface area contributed by atoms with Gasteiger partial charge in [-0.1, -0.05) is 41.9 Å². The fourth-order valence-corrected chi connectivity index (χ4v) is 3.26. The van der Waals surface area contributed by atoms with Gasteiger partial charge in [0.1, 0.15) is 5.82 Å². The van der Waals surface area contributed by atoms with Crippen LogP contribution in [0.25, 0.3) is 6.08 Å². The molecule has 0 spiro atoms. The van der Waals surface area contributed by atoms with Gasteiger partial charge in [-0.3, -0.25) is 14.9 Å². The molecule has 1 saturated heterocycles. The van der Waals surface area contributed by atoms with Crippen molar-refractivity contribution in [3.8, 4) is 0 Å². The van der Waals surface area contributed by atoms with Crippen molar-refractivity contribution in [2.24, 2.45) is 0 Å². The van der Waals surface area contributed by atoms with Gasteiger partial charge in [0, 0.05) is 31.9 Å². The van der Waals surface area contributed by atoms with Crippen molar-refractivity contribution in [2.75, 3.05) is 18.4 Å². The van der Waals surface area contributed by atoms with Gasteiger partial charge in [0.25, 0.3) is 0 Å². The number of rotatable bonds is 6. The second-order valence-corrected chi connectivity index (χ2v) is 6.79. The van der Waals surface area contributed by atoms with Gasteiger partial charge in [-0.2, -0.15) is 0 Å². The van der Waals surface area contributed by atoms with Gasteiger partial charge >= 0.3 is 5.91 Å². The average molecular weight is 391 g/mol. The highest BCUT2D eigenvalue weighted by Gasteiger charge is 2.23. The molecule has 2 heterocycles. The van der Waals surface area contributed by atoms with E-state index in [9.17, 15) is 9.18 Å². The van der Waals surface area contributed by atoms with Crippen molar-refractivity contribution in [1.29, 1.82) is 0 Å². The van der Waals surface area contributed by atoms with Crippen LogP contribution in [0.3, 0.4) is 0 Å². The Balaban J connectivity index is 1.59. The third-order valence-electron chi connectivity index (χ3n) is 4.34. The Morgan fingerprint density at radius 1 is 1.41 bits per heavy atom. The Bertz CT molecular complexity index is 832. The molecule has 1 fully saturated rings. The highest BCUT2D eigenvalue weighted by atomic mass is 35.5. The minimum absolute atomic E-state index is 0.219. The molecular weight excluding hydrogens is 371 g/mol. The first-order chi connectivity index (χ1) is 13.0.